The Morgan fingerprint density at radius 2 is 1.81 bits per heavy atom. The molecule has 0 rings (SSSR count). The number of urea groups is 1. The van der Waals surface area contributed by atoms with E-state index in [0.29, 0.717) is 6.54 Å². The summed E-state index contributed by atoms with van der Waals surface area (Å²) in [6.07, 6.45) is -2.72. The van der Waals surface area contributed by atoms with Gasteiger partial charge in [0.15, 0.2) is 0 Å². The van der Waals surface area contributed by atoms with Crippen molar-refractivity contribution < 1.29 is 18.0 Å². The van der Waals surface area contributed by atoms with Gasteiger partial charge in [0.1, 0.15) is 6.54 Å². The summed E-state index contributed by atoms with van der Waals surface area (Å²) in [6, 6.07) is -0.776. The van der Waals surface area contributed by atoms with Crippen LogP contribution < -0.4 is 10.6 Å². The van der Waals surface area contributed by atoms with Gasteiger partial charge < -0.3 is 15.5 Å². The summed E-state index contributed by atoms with van der Waals surface area (Å²) < 4.78 is 35.1. The van der Waals surface area contributed by atoms with Crippen LogP contribution in [0.2, 0.25) is 0 Å². The van der Waals surface area contributed by atoms with Crippen LogP contribution in [0.4, 0.5) is 18.0 Å². The van der Waals surface area contributed by atoms with Gasteiger partial charge in [0, 0.05) is 6.54 Å². The lowest BCUT2D eigenvalue weighted by molar-refractivity contribution is -0.122. The molecule has 0 heterocycles. The van der Waals surface area contributed by atoms with Crippen molar-refractivity contribution in [1.82, 2.24) is 15.5 Å². The topological polar surface area (TPSA) is 44.4 Å². The molecule has 96 valence electrons. The number of unbranched alkanes of at least 4 members (excludes halogenated alkanes) is 1. The van der Waals surface area contributed by atoms with Crippen molar-refractivity contribution in [3.63, 3.8) is 0 Å². The average Bonchev–Trinajstić information content (AvgIpc) is 2.12. The molecule has 0 aromatic rings. The Labute approximate surface area is 93.2 Å². The third kappa shape index (κ3) is 11.1. The van der Waals surface area contributed by atoms with Gasteiger partial charge in [-0.2, -0.15) is 13.2 Å². The fourth-order valence-electron chi connectivity index (χ4n) is 0.998. The number of hydrogen-bond donors (Lipinski definition) is 2. The molecule has 0 fully saturated rings. The van der Waals surface area contributed by atoms with E-state index in [2.05, 4.69) is 5.32 Å². The van der Waals surface area contributed by atoms with Gasteiger partial charge in [-0.1, -0.05) is 0 Å². The Balaban J connectivity index is 3.38. The van der Waals surface area contributed by atoms with Crippen LogP contribution in [-0.4, -0.2) is 50.8 Å². The minimum absolute atomic E-state index is 0.386. The Kier molecular flexibility index (Phi) is 6.87. The summed E-state index contributed by atoms with van der Waals surface area (Å²) in [6.45, 7) is -0.0140. The Morgan fingerprint density at radius 3 is 2.31 bits per heavy atom. The van der Waals surface area contributed by atoms with Crippen molar-refractivity contribution in [2.24, 2.45) is 0 Å². The maximum absolute atomic E-state index is 11.7. The van der Waals surface area contributed by atoms with Crippen LogP contribution in [0.1, 0.15) is 12.8 Å². The van der Waals surface area contributed by atoms with Gasteiger partial charge in [0.2, 0.25) is 0 Å². The maximum atomic E-state index is 11.7. The molecule has 4 nitrogen and oxygen atoms in total. The highest BCUT2D eigenvalue weighted by Gasteiger charge is 2.27. The summed E-state index contributed by atoms with van der Waals surface area (Å²) >= 11 is 0. The molecule has 0 aliphatic heterocycles. The molecule has 0 aliphatic rings. The van der Waals surface area contributed by atoms with E-state index in [9.17, 15) is 18.0 Å². The molecule has 0 spiro atoms. The minimum Gasteiger partial charge on any atom is -0.338 e. The van der Waals surface area contributed by atoms with Crippen molar-refractivity contribution in [2.75, 3.05) is 33.7 Å². The summed E-state index contributed by atoms with van der Waals surface area (Å²) in [4.78, 5) is 12.9. The lowest BCUT2D eigenvalue weighted by Gasteiger charge is -2.11. The zero-order valence-corrected chi connectivity index (χ0v) is 9.52. The molecule has 7 heteroatoms. The second kappa shape index (κ2) is 7.32. The van der Waals surface area contributed by atoms with Gasteiger partial charge in [0.25, 0.3) is 0 Å². The highest BCUT2D eigenvalue weighted by Crippen LogP contribution is 2.11. The number of alkyl halides is 3. The van der Waals surface area contributed by atoms with Gasteiger partial charge in [-0.3, -0.25) is 0 Å². The summed E-state index contributed by atoms with van der Waals surface area (Å²) in [5.41, 5.74) is 0. The summed E-state index contributed by atoms with van der Waals surface area (Å²) in [5.74, 6) is 0. The highest BCUT2D eigenvalue weighted by molar-refractivity contribution is 5.73. The first-order valence-corrected chi connectivity index (χ1v) is 5.04. The molecule has 0 bridgehead atoms. The Hall–Kier alpha value is -0.980. The lowest BCUT2D eigenvalue weighted by Crippen LogP contribution is -2.41. The number of halogens is 3. The molecule has 16 heavy (non-hydrogen) atoms. The van der Waals surface area contributed by atoms with Crippen molar-refractivity contribution in [3.05, 3.63) is 0 Å². The highest BCUT2D eigenvalue weighted by atomic mass is 19.4. The van der Waals surface area contributed by atoms with Crippen LogP contribution in [0.25, 0.3) is 0 Å². The van der Waals surface area contributed by atoms with E-state index in [1.807, 2.05) is 19.0 Å². The Bertz CT molecular complexity index is 207. The fraction of sp³-hybridized carbons (Fsp3) is 0.889. The molecule has 0 unspecified atom stereocenters. The molecular formula is C9H18F3N3O. The van der Waals surface area contributed by atoms with Crippen LogP contribution in [0.5, 0.6) is 0 Å². The molecule has 0 radical (unpaired) electrons. The van der Waals surface area contributed by atoms with Gasteiger partial charge in [-0.05, 0) is 33.5 Å². The van der Waals surface area contributed by atoms with Gasteiger partial charge in [-0.15, -0.1) is 0 Å². The molecule has 2 amide bonds. The molecule has 0 aliphatic carbocycles. The van der Waals surface area contributed by atoms with Gasteiger partial charge >= 0.3 is 12.2 Å². The predicted octanol–water partition coefficient (Wildman–Crippen LogP) is 1.19. The smallest absolute Gasteiger partial charge is 0.338 e. The average molecular weight is 241 g/mol. The van der Waals surface area contributed by atoms with E-state index in [0.717, 1.165) is 19.4 Å². The SMILES string of the molecule is CN(C)CCCCNC(=O)NCC(F)(F)F. The van der Waals surface area contributed by atoms with E-state index >= 15 is 0 Å². The summed E-state index contributed by atoms with van der Waals surface area (Å²) in [5, 5.41) is 4.10. The second-order valence-corrected chi connectivity index (χ2v) is 3.74. The third-order valence-corrected chi connectivity index (χ3v) is 1.77. The van der Waals surface area contributed by atoms with Crippen molar-refractivity contribution in [1.29, 1.82) is 0 Å². The molecular weight excluding hydrogens is 223 g/mol. The van der Waals surface area contributed by atoms with Crippen LogP contribution in [0, 0.1) is 0 Å². The van der Waals surface area contributed by atoms with E-state index in [1.54, 1.807) is 5.32 Å². The van der Waals surface area contributed by atoms with Gasteiger partial charge in [-0.25, -0.2) is 4.79 Å². The van der Waals surface area contributed by atoms with E-state index < -0.39 is 18.8 Å². The number of rotatable bonds is 6. The third-order valence-electron chi connectivity index (χ3n) is 1.77. The number of amides is 2. The molecule has 0 atom stereocenters. The van der Waals surface area contributed by atoms with E-state index in [-0.39, 0.29) is 0 Å². The molecule has 0 saturated carbocycles. The number of carbonyl (C=O) groups excluding carboxylic acids is 1. The standard InChI is InChI=1S/C9H18F3N3O/c1-15(2)6-4-3-5-13-8(16)14-7-9(10,11)12/h3-7H2,1-2H3,(H2,13,14,16). The van der Waals surface area contributed by atoms with Gasteiger partial charge in [0.05, 0.1) is 0 Å². The van der Waals surface area contributed by atoms with Crippen LogP contribution >= 0.6 is 0 Å². The number of nitrogens with one attached hydrogen (secondary N) is 2. The van der Waals surface area contributed by atoms with Crippen molar-refractivity contribution in [2.45, 2.75) is 19.0 Å². The molecule has 0 aromatic carbocycles. The Morgan fingerprint density at radius 1 is 1.19 bits per heavy atom. The zero-order chi connectivity index (χ0) is 12.6. The minimum atomic E-state index is -4.36. The first kappa shape index (κ1) is 15.0. The quantitative estimate of drug-likeness (QED) is 0.686. The number of hydrogen-bond acceptors (Lipinski definition) is 2. The van der Waals surface area contributed by atoms with Crippen LogP contribution in [0.15, 0.2) is 0 Å². The largest absolute Gasteiger partial charge is 0.405 e. The maximum Gasteiger partial charge on any atom is 0.405 e. The number of carbonyl (C=O) groups is 1. The molecule has 2 N–H and O–H groups in total. The summed E-state index contributed by atoms with van der Waals surface area (Å²) in [7, 11) is 3.87. The van der Waals surface area contributed by atoms with E-state index in [1.165, 1.54) is 0 Å². The van der Waals surface area contributed by atoms with Crippen LogP contribution in [0.3, 0.4) is 0 Å². The normalized spacial score (nSPS) is 11.6. The predicted molar refractivity (Wildman–Crippen MR) is 55.2 cm³/mol. The fourth-order valence-corrected chi connectivity index (χ4v) is 0.998. The lowest BCUT2D eigenvalue weighted by atomic mass is 10.3. The van der Waals surface area contributed by atoms with Crippen LogP contribution in [-0.2, 0) is 0 Å². The first-order valence-electron chi connectivity index (χ1n) is 5.04. The second-order valence-electron chi connectivity index (χ2n) is 3.74. The first-order chi connectivity index (χ1) is 7.31. The monoisotopic (exact) mass is 241 g/mol. The molecule has 0 saturated heterocycles. The van der Waals surface area contributed by atoms with Crippen molar-refractivity contribution in [3.8, 4) is 0 Å². The van der Waals surface area contributed by atoms with E-state index in [4.69, 9.17) is 0 Å². The molecule has 0 aromatic heterocycles. The number of nitrogens with zero attached hydrogens (tertiary/aromatic N) is 1. The zero-order valence-electron chi connectivity index (χ0n) is 9.52. The van der Waals surface area contributed by atoms with Crippen molar-refractivity contribution >= 4 is 6.03 Å².